The molecule has 1 atom stereocenters. The third-order valence-electron chi connectivity index (χ3n) is 3.32. The van der Waals surface area contributed by atoms with Gasteiger partial charge in [-0.15, -0.1) is 0 Å². The first kappa shape index (κ1) is 17.0. The SMILES string of the molecule is CCCOc1ccc(NCC(C)Oc2ccccc2OC)cc1. The van der Waals surface area contributed by atoms with E-state index in [1.807, 2.05) is 55.5 Å². The maximum atomic E-state index is 5.92. The first-order valence-electron chi connectivity index (χ1n) is 7.99. The van der Waals surface area contributed by atoms with Crippen LogP contribution >= 0.6 is 0 Å². The third-order valence-corrected chi connectivity index (χ3v) is 3.32. The molecule has 4 nitrogen and oxygen atoms in total. The fraction of sp³-hybridized carbons (Fsp3) is 0.368. The Morgan fingerprint density at radius 1 is 1.00 bits per heavy atom. The van der Waals surface area contributed by atoms with Crippen LogP contribution in [0.5, 0.6) is 17.2 Å². The van der Waals surface area contributed by atoms with Gasteiger partial charge in [0.1, 0.15) is 11.9 Å². The summed E-state index contributed by atoms with van der Waals surface area (Å²) in [5.74, 6) is 2.40. The highest BCUT2D eigenvalue weighted by atomic mass is 16.5. The van der Waals surface area contributed by atoms with Crippen molar-refractivity contribution in [1.29, 1.82) is 0 Å². The van der Waals surface area contributed by atoms with Crippen LogP contribution in [0, 0.1) is 0 Å². The number of rotatable bonds is 9. The normalized spacial score (nSPS) is 11.6. The van der Waals surface area contributed by atoms with E-state index in [9.17, 15) is 0 Å². The highest BCUT2D eigenvalue weighted by molar-refractivity contribution is 5.46. The van der Waals surface area contributed by atoms with Crippen molar-refractivity contribution in [3.8, 4) is 17.2 Å². The van der Waals surface area contributed by atoms with E-state index in [0.29, 0.717) is 6.54 Å². The van der Waals surface area contributed by atoms with Gasteiger partial charge in [0.15, 0.2) is 11.5 Å². The molecule has 0 saturated carbocycles. The van der Waals surface area contributed by atoms with Gasteiger partial charge in [-0.2, -0.15) is 0 Å². The quantitative estimate of drug-likeness (QED) is 0.746. The lowest BCUT2D eigenvalue weighted by atomic mass is 10.3. The minimum absolute atomic E-state index is 0.0160. The summed E-state index contributed by atoms with van der Waals surface area (Å²) in [7, 11) is 1.65. The summed E-state index contributed by atoms with van der Waals surface area (Å²) in [5, 5.41) is 3.36. The molecule has 0 radical (unpaired) electrons. The van der Waals surface area contributed by atoms with Crippen molar-refractivity contribution >= 4 is 5.69 Å². The zero-order valence-corrected chi connectivity index (χ0v) is 14.0. The van der Waals surface area contributed by atoms with Gasteiger partial charge in [-0.3, -0.25) is 0 Å². The van der Waals surface area contributed by atoms with Crippen molar-refractivity contribution in [2.75, 3.05) is 25.6 Å². The molecule has 0 saturated heterocycles. The maximum absolute atomic E-state index is 5.92. The topological polar surface area (TPSA) is 39.7 Å². The number of anilines is 1. The van der Waals surface area contributed by atoms with E-state index in [1.165, 1.54) is 0 Å². The molecule has 23 heavy (non-hydrogen) atoms. The minimum atomic E-state index is 0.0160. The lowest BCUT2D eigenvalue weighted by Gasteiger charge is -2.18. The Morgan fingerprint density at radius 3 is 2.35 bits per heavy atom. The fourth-order valence-electron chi connectivity index (χ4n) is 2.13. The van der Waals surface area contributed by atoms with Crippen molar-refractivity contribution in [3.05, 3.63) is 48.5 Å². The number of nitrogens with one attached hydrogen (secondary N) is 1. The Hall–Kier alpha value is -2.36. The molecule has 0 fully saturated rings. The van der Waals surface area contributed by atoms with Gasteiger partial charge in [0.2, 0.25) is 0 Å². The third kappa shape index (κ3) is 5.40. The average molecular weight is 315 g/mol. The van der Waals surface area contributed by atoms with Gasteiger partial charge in [-0.05, 0) is 49.7 Å². The second kappa shape index (κ2) is 8.93. The molecule has 0 spiro atoms. The molecule has 0 heterocycles. The van der Waals surface area contributed by atoms with Crippen molar-refractivity contribution in [2.45, 2.75) is 26.4 Å². The zero-order valence-electron chi connectivity index (χ0n) is 14.0. The largest absolute Gasteiger partial charge is 0.494 e. The summed E-state index contributed by atoms with van der Waals surface area (Å²) in [5.41, 5.74) is 1.05. The molecule has 2 rings (SSSR count). The van der Waals surface area contributed by atoms with Crippen LogP contribution in [0.2, 0.25) is 0 Å². The molecule has 0 aliphatic carbocycles. The van der Waals surface area contributed by atoms with Crippen LogP contribution in [-0.4, -0.2) is 26.4 Å². The van der Waals surface area contributed by atoms with E-state index in [-0.39, 0.29) is 6.10 Å². The molecular formula is C19H25NO3. The van der Waals surface area contributed by atoms with Gasteiger partial charge in [-0.25, -0.2) is 0 Å². The smallest absolute Gasteiger partial charge is 0.161 e. The van der Waals surface area contributed by atoms with Crippen LogP contribution in [-0.2, 0) is 0 Å². The number of benzene rings is 2. The van der Waals surface area contributed by atoms with Gasteiger partial charge >= 0.3 is 0 Å². The molecule has 0 aliphatic heterocycles. The number of methoxy groups -OCH3 is 1. The molecule has 0 aliphatic rings. The molecule has 124 valence electrons. The maximum Gasteiger partial charge on any atom is 0.161 e. The van der Waals surface area contributed by atoms with E-state index in [1.54, 1.807) is 7.11 Å². The Labute approximate surface area is 138 Å². The minimum Gasteiger partial charge on any atom is -0.494 e. The Bertz CT molecular complexity index is 583. The van der Waals surface area contributed by atoms with Crippen molar-refractivity contribution in [1.82, 2.24) is 0 Å². The predicted octanol–water partition coefficient (Wildman–Crippen LogP) is 4.36. The van der Waals surface area contributed by atoms with E-state index in [0.717, 1.165) is 36.0 Å². The lowest BCUT2D eigenvalue weighted by Crippen LogP contribution is -2.22. The summed E-state index contributed by atoms with van der Waals surface area (Å²) in [6.07, 6.45) is 1.03. The van der Waals surface area contributed by atoms with Crippen LogP contribution in [0.25, 0.3) is 0 Å². The summed E-state index contributed by atoms with van der Waals surface area (Å²) < 4.78 is 16.8. The van der Waals surface area contributed by atoms with E-state index in [4.69, 9.17) is 14.2 Å². The number of hydrogen-bond donors (Lipinski definition) is 1. The van der Waals surface area contributed by atoms with E-state index in [2.05, 4.69) is 12.2 Å². The molecule has 2 aromatic rings. The van der Waals surface area contributed by atoms with Gasteiger partial charge < -0.3 is 19.5 Å². The first-order chi connectivity index (χ1) is 11.2. The number of ether oxygens (including phenoxy) is 3. The van der Waals surface area contributed by atoms with Crippen LogP contribution in [0.4, 0.5) is 5.69 Å². The van der Waals surface area contributed by atoms with Crippen LogP contribution < -0.4 is 19.5 Å². The Balaban J connectivity index is 1.83. The van der Waals surface area contributed by atoms with Crippen LogP contribution in [0.3, 0.4) is 0 Å². The van der Waals surface area contributed by atoms with Gasteiger partial charge in [-0.1, -0.05) is 19.1 Å². The molecule has 0 aromatic heterocycles. The fourth-order valence-corrected chi connectivity index (χ4v) is 2.13. The highest BCUT2D eigenvalue weighted by Gasteiger charge is 2.08. The van der Waals surface area contributed by atoms with Crippen molar-refractivity contribution in [3.63, 3.8) is 0 Å². The predicted molar refractivity (Wildman–Crippen MR) is 93.8 cm³/mol. The number of hydrogen-bond acceptors (Lipinski definition) is 4. The van der Waals surface area contributed by atoms with Gasteiger partial charge in [0, 0.05) is 5.69 Å². The Morgan fingerprint density at radius 2 is 1.70 bits per heavy atom. The molecule has 4 heteroatoms. The lowest BCUT2D eigenvalue weighted by molar-refractivity contribution is 0.223. The van der Waals surface area contributed by atoms with E-state index >= 15 is 0 Å². The summed E-state index contributed by atoms with van der Waals surface area (Å²) in [6, 6.07) is 15.7. The molecule has 1 unspecified atom stereocenters. The summed E-state index contributed by atoms with van der Waals surface area (Å²) in [4.78, 5) is 0. The first-order valence-corrected chi connectivity index (χ1v) is 7.99. The second-order valence-electron chi connectivity index (χ2n) is 5.33. The van der Waals surface area contributed by atoms with Gasteiger partial charge in [0.05, 0.1) is 20.3 Å². The number of para-hydroxylation sites is 2. The van der Waals surface area contributed by atoms with E-state index < -0.39 is 0 Å². The highest BCUT2D eigenvalue weighted by Crippen LogP contribution is 2.26. The van der Waals surface area contributed by atoms with Gasteiger partial charge in [0.25, 0.3) is 0 Å². The summed E-state index contributed by atoms with van der Waals surface area (Å²) in [6.45, 7) is 5.57. The monoisotopic (exact) mass is 315 g/mol. The standard InChI is InChI=1S/C19H25NO3/c1-4-13-22-17-11-9-16(10-12-17)20-14-15(2)23-19-8-6-5-7-18(19)21-3/h5-12,15,20H,4,13-14H2,1-3H3. The van der Waals surface area contributed by atoms with Crippen LogP contribution in [0.1, 0.15) is 20.3 Å². The van der Waals surface area contributed by atoms with Crippen LogP contribution in [0.15, 0.2) is 48.5 Å². The molecule has 1 N–H and O–H groups in total. The van der Waals surface area contributed by atoms with Crippen molar-refractivity contribution in [2.24, 2.45) is 0 Å². The summed E-state index contributed by atoms with van der Waals surface area (Å²) >= 11 is 0. The molecule has 0 amide bonds. The molecule has 0 bridgehead atoms. The Kier molecular flexibility index (Phi) is 6.60. The molecular weight excluding hydrogens is 290 g/mol. The van der Waals surface area contributed by atoms with Crippen molar-refractivity contribution < 1.29 is 14.2 Å². The molecule has 2 aromatic carbocycles. The zero-order chi connectivity index (χ0) is 16.5. The average Bonchev–Trinajstić information content (AvgIpc) is 2.59. The second-order valence-corrected chi connectivity index (χ2v) is 5.33.